The molecule has 0 saturated carbocycles. The predicted octanol–water partition coefficient (Wildman–Crippen LogP) is 6.98. The fourth-order valence-corrected chi connectivity index (χ4v) is 5.38. The van der Waals surface area contributed by atoms with Gasteiger partial charge in [0, 0.05) is 48.8 Å². The lowest BCUT2D eigenvalue weighted by molar-refractivity contribution is -0.137. The van der Waals surface area contributed by atoms with Gasteiger partial charge >= 0.3 is 18.3 Å². The van der Waals surface area contributed by atoms with E-state index >= 15 is 0 Å². The summed E-state index contributed by atoms with van der Waals surface area (Å²) < 4.78 is 47.2. The normalized spacial score (nSPS) is 13.3. The molecule has 2 aromatic heterocycles. The molecule has 1 aliphatic heterocycles. The lowest BCUT2D eigenvalue weighted by Gasteiger charge is -2.29. The Kier molecular flexibility index (Phi) is 8.43. The smallest absolute Gasteiger partial charge is 0.417 e. The van der Waals surface area contributed by atoms with Gasteiger partial charge in [0.2, 0.25) is 5.95 Å². The van der Waals surface area contributed by atoms with Gasteiger partial charge in [-0.05, 0) is 62.7 Å². The van der Waals surface area contributed by atoms with Crippen LogP contribution in [0.15, 0.2) is 54.7 Å². The Hall–Kier alpha value is -5.11. The molecule has 15 heteroatoms. The van der Waals surface area contributed by atoms with Crippen LogP contribution in [0.5, 0.6) is 0 Å². The number of alkyl halides is 3. The van der Waals surface area contributed by atoms with E-state index in [0.29, 0.717) is 34.6 Å². The Morgan fingerprint density at radius 1 is 1.02 bits per heavy atom. The lowest BCUT2D eigenvalue weighted by atomic mass is 9.95. The first-order valence-electron chi connectivity index (χ1n) is 13.9. The number of anilines is 3. The van der Waals surface area contributed by atoms with E-state index < -0.39 is 40.4 Å². The average Bonchev–Trinajstić information content (AvgIpc) is 3.25. The van der Waals surface area contributed by atoms with Gasteiger partial charge in [-0.2, -0.15) is 13.2 Å². The molecule has 46 heavy (non-hydrogen) atoms. The number of aromatic nitrogens is 3. The average molecular weight is 656 g/mol. The van der Waals surface area contributed by atoms with E-state index in [9.17, 15) is 27.6 Å². The Labute approximate surface area is 266 Å². The summed E-state index contributed by atoms with van der Waals surface area (Å²) in [7, 11) is 1.77. The number of carbonyl (C=O) groups excluding carboxylic acids is 3. The van der Waals surface area contributed by atoms with Crippen molar-refractivity contribution in [1.82, 2.24) is 19.4 Å². The maximum absolute atomic E-state index is 14.0. The van der Waals surface area contributed by atoms with E-state index in [2.05, 4.69) is 20.6 Å². The molecular weight excluding hydrogens is 627 g/mol. The van der Waals surface area contributed by atoms with Crippen LogP contribution in [-0.4, -0.2) is 49.6 Å². The van der Waals surface area contributed by atoms with Crippen molar-refractivity contribution in [2.24, 2.45) is 7.05 Å². The topological polar surface area (TPSA) is 144 Å². The second-order valence-electron chi connectivity index (χ2n) is 11.4. The highest BCUT2D eigenvalue weighted by Crippen LogP contribution is 2.42. The SMILES string of the molecule is Cn1c2c(c(-c3cccc(NC(=O)Nc4ccc(Cl)c(C(F)(F)F)c4)c3)c1-c1ccnc(N)n1)C(=O)N(C(=O)OC(C)(C)C)CC2. The molecule has 0 bridgehead atoms. The highest BCUT2D eigenvalue weighted by molar-refractivity contribution is 6.31. The van der Waals surface area contributed by atoms with Gasteiger partial charge in [0.05, 0.1) is 27.5 Å². The summed E-state index contributed by atoms with van der Waals surface area (Å²) in [6.07, 6.45) is -3.69. The zero-order chi connectivity index (χ0) is 33.6. The zero-order valence-corrected chi connectivity index (χ0v) is 25.9. The third kappa shape index (κ3) is 6.61. The van der Waals surface area contributed by atoms with Crippen LogP contribution in [-0.2, 0) is 24.4 Å². The number of halogens is 4. The molecule has 0 unspecified atom stereocenters. The summed E-state index contributed by atoms with van der Waals surface area (Å²) in [5, 5.41) is 4.48. The number of nitrogens with two attached hydrogens (primary N) is 1. The quantitative estimate of drug-likeness (QED) is 0.215. The van der Waals surface area contributed by atoms with Crippen molar-refractivity contribution in [2.75, 3.05) is 22.9 Å². The third-order valence-electron chi connectivity index (χ3n) is 7.02. The largest absolute Gasteiger partial charge is 0.443 e. The van der Waals surface area contributed by atoms with Crippen LogP contribution < -0.4 is 16.4 Å². The summed E-state index contributed by atoms with van der Waals surface area (Å²) in [6.45, 7) is 5.19. The molecule has 240 valence electrons. The Bertz CT molecular complexity index is 1870. The Morgan fingerprint density at radius 3 is 2.37 bits per heavy atom. The van der Waals surface area contributed by atoms with Crippen LogP contribution in [0.25, 0.3) is 22.5 Å². The van der Waals surface area contributed by atoms with E-state index in [1.807, 2.05) is 4.57 Å². The number of nitrogens with one attached hydrogen (secondary N) is 2. The molecule has 0 spiro atoms. The first-order chi connectivity index (χ1) is 21.5. The Morgan fingerprint density at radius 2 is 1.72 bits per heavy atom. The molecular formula is C31H29ClF3N7O4. The standard InChI is InChI=1S/C31H29ClF3N7O4/c1-30(2,3)46-29(45)42-13-11-22-24(26(42)43)23(25(41(22)4)21-10-12-37-27(36)40-21)16-6-5-7-17(14-16)38-28(44)39-18-8-9-20(32)19(15-18)31(33,34)35/h5-10,12,14-15H,11,13H2,1-4H3,(H2,36,37,40)(H2,38,39,44). The second-order valence-corrected chi connectivity index (χ2v) is 11.9. The first kappa shape index (κ1) is 32.3. The number of rotatable bonds is 4. The molecule has 4 N–H and O–H groups in total. The fourth-order valence-electron chi connectivity index (χ4n) is 5.15. The number of benzene rings is 2. The predicted molar refractivity (Wildman–Crippen MR) is 166 cm³/mol. The minimum atomic E-state index is -4.71. The molecule has 11 nitrogen and oxygen atoms in total. The molecule has 3 heterocycles. The van der Waals surface area contributed by atoms with Gasteiger partial charge in [0.1, 0.15) is 5.60 Å². The number of ether oxygens (including phenoxy) is 1. The van der Waals surface area contributed by atoms with E-state index in [-0.39, 0.29) is 29.4 Å². The van der Waals surface area contributed by atoms with Crippen LogP contribution in [0.2, 0.25) is 5.02 Å². The summed E-state index contributed by atoms with van der Waals surface area (Å²) in [4.78, 5) is 49.2. The highest BCUT2D eigenvalue weighted by atomic mass is 35.5. The number of imide groups is 1. The van der Waals surface area contributed by atoms with Gasteiger partial charge in [-0.3, -0.25) is 4.79 Å². The number of nitrogen functional groups attached to an aromatic ring is 1. The minimum absolute atomic E-state index is 0.00676. The van der Waals surface area contributed by atoms with Crippen molar-refractivity contribution in [3.8, 4) is 22.5 Å². The minimum Gasteiger partial charge on any atom is -0.443 e. The number of carbonyl (C=O) groups is 3. The van der Waals surface area contributed by atoms with E-state index in [1.165, 1.54) is 12.3 Å². The summed E-state index contributed by atoms with van der Waals surface area (Å²) in [6, 6.07) is 10.3. The number of fused-ring (bicyclic) bond motifs is 1. The number of hydrogen-bond acceptors (Lipinski definition) is 7. The van der Waals surface area contributed by atoms with Crippen molar-refractivity contribution < 1.29 is 32.3 Å². The second kappa shape index (κ2) is 12.0. The van der Waals surface area contributed by atoms with Crippen molar-refractivity contribution >= 4 is 47.0 Å². The molecule has 1 aliphatic rings. The molecule has 2 aromatic carbocycles. The summed E-state index contributed by atoms with van der Waals surface area (Å²) in [5.41, 5.74) is 6.83. The van der Waals surface area contributed by atoms with Crippen LogP contribution >= 0.6 is 11.6 Å². The molecule has 0 aliphatic carbocycles. The van der Waals surface area contributed by atoms with Crippen molar-refractivity contribution in [2.45, 2.75) is 39.0 Å². The maximum atomic E-state index is 14.0. The van der Waals surface area contributed by atoms with E-state index in [4.69, 9.17) is 22.1 Å². The number of urea groups is 1. The van der Waals surface area contributed by atoms with Crippen molar-refractivity contribution in [3.05, 3.63) is 76.6 Å². The molecule has 4 amide bonds. The van der Waals surface area contributed by atoms with Gasteiger partial charge in [-0.25, -0.2) is 24.5 Å². The van der Waals surface area contributed by atoms with Crippen LogP contribution in [0.1, 0.15) is 42.4 Å². The zero-order valence-electron chi connectivity index (χ0n) is 25.1. The first-order valence-corrected chi connectivity index (χ1v) is 14.3. The van der Waals surface area contributed by atoms with Crippen LogP contribution in [0.3, 0.4) is 0 Å². The lowest BCUT2D eigenvalue weighted by Crippen LogP contribution is -2.44. The highest BCUT2D eigenvalue weighted by Gasteiger charge is 2.38. The molecule has 0 fully saturated rings. The third-order valence-corrected chi connectivity index (χ3v) is 7.35. The van der Waals surface area contributed by atoms with Gasteiger partial charge in [-0.1, -0.05) is 23.7 Å². The van der Waals surface area contributed by atoms with Gasteiger partial charge in [-0.15, -0.1) is 0 Å². The van der Waals surface area contributed by atoms with Crippen molar-refractivity contribution in [3.63, 3.8) is 0 Å². The Balaban J connectivity index is 1.54. The number of hydrogen-bond donors (Lipinski definition) is 3. The number of amides is 4. The van der Waals surface area contributed by atoms with Crippen LogP contribution in [0, 0.1) is 0 Å². The maximum Gasteiger partial charge on any atom is 0.417 e. The van der Waals surface area contributed by atoms with Gasteiger partial charge < -0.3 is 25.7 Å². The molecule has 0 saturated heterocycles. The van der Waals surface area contributed by atoms with Crippen LogP contribution in [0.4, 0.5) is 40.1 Å². The molecule has 4 aromatic rings. The monoisotopic (exact) mass is 655 g/mol. The number of nitrogens with zero attached hydrogens (tertiary/aromatic N) is 4. The fraction of sp³-hybridized carbons (Fsp3) is 0.258. The van der Waals surface area contributed by atoms with Gasteiger partial charge in [0.15, 0.2) is 0 Å². The summed E-state index contributed by atoms with van der Waals surface area (Å²) in [5.74, 6) is -0.569. The van der Waals surface area contributed by atoms with Crippen molar-refractivity contribution in [1.29, 1.82) is 0 Å². The van der Waals surface area contributed by atoms with E-state index in [0.717, 1.165) is 17.0 Å². The summed E-state index contributed by atoms with van der Waals surface area (Å²) >= 11 is 5.69. The molecule has 0 radical (unpaired) electrons. The van der Waals surface area contributed by atoms with E-state index in [1.54, 1.807) is 58.2 Å². The molecule has 0 atom stereocenters. The molecule has 5 rings (SSSR count). The van der Waals surface area contributed by atoms with Gasteiger partial charge in [0.25, 0.3) is 5.91 Å².